The molecule has 0 saturated heterocycles. The fraction of sp³-hybridized carbons (Fsp3) is 0.235. The Balaban J connectivity index is 2.06. The van der Waals surface area contributed by atoms with Crippen molar-refractivity contribution in [3.63, 3.8) is 0 Å². The highest BCUT2D eigenvalue weighted by atomic mass is 127. The lowest BCUT2D eigenvalue weighted by molar-refractivity contribution is 0.0940. The van der Waals surface area contributed by atoms with Crippen molar-refractivity contribution in [2.75, 3.05) is 0 Å². The maximum atomic E-state index is 12.2. The molecule has 2 rings (SSSR count). The van der Waals surface area contributed by atoms with Crippen LogP contribution in [-0.4, -0.2) is 5.91 Å². The minimum absolute atomic E-state index is 0.00581. The van der Waals surface area contributed by atoms with Crippen LogP contribution in [0.15, 0.2) is 48.5 Å². The van der Waals surface area contributed by atoms with E-state index in [2.05, 4.69) is 59.1 Å². The van der Waals surface area contributed by atoms with Crippen molar-refractivity contribution in [1.29, 1.82) is 0 Å². The molecule has 1 unspecified atom stereocenters. The van der Waals surface area contributed by atoms with Crippen LogP contribution in [0.1, 0.15) is 41.4 Å². The van der Waals surface area contributed by atoms with Crippen LogP contribution in [0, 0.1) is 3.57 Å². The zero-order chi connectivity index (χ0) is 14.5. The molecule has 0 aliphatic heterocycles. The van der Waals surface area contributed by atoms with Gasteiger partial charge in [-0.15, -0.1) is 0 Å². The van der Waals surface area contributed by atoms with Crippen LogP contribution in [0.25, 0.3) is 0 Å². The Hall–Kier alpha value is -1.36. The summed E-state index contributed by atoms with van der Waals surface area (Å²) < 4.78 is 1.07. The van der Waals surface area contributed by atoms with Gasteiger partial charge in [0.1, 0.15) is 0 Å². The normalized spacial score (nSPS) is 11.9. The lowest BCUT2D eigenvalue weighted by Crippen LogP contribution is -2.26. The summed E-state index contributed by atoms with van der Waals surface area (Å²) >= 11 is 2.21. The van der Waals surface area contributed by atoms with Gasteiger partial charge in [-0.3, -0.25) is 4.79 Å². The molecule has 2 aromatic carbocycles. The molecular formula is C17H18INO. The van der Waals surface area contributed by atoms with E-state index >= 15 is 0 Å². The first kappa shape index (κ1) is 15.0. The fourth-order valence-corrected chi connectivity index (χ4v) is 2.58. The van der Waals surface area contributed by atoms with E-state index in [1.54, 1.807) is 0 Å². The molecule has 0 bridgehead atoms. The summed E-state index contributed by atoms with van der Waals surface area (Å²) in [7, 11) is 0. The number of rotatable bonds is 4. The molecule has 2 nitrogen and oxygen atoms in total. The second kappa shape index (κ2) is 6.88. The Labute approximate surface area is 133 Å². The highest BCUT2D eigenvalue weighted by Crippen LogP contribution is 2.15. The third-order valence-electron chi connectivity index (χ3n) is 3.32. The van der Waals surface area contributed by atoms with E-state index in [4.69, 9.17) is 0 Å². The highest BCUT2D eigenvalue weighted by Gasteiger charge is 2.11. The van der Waals surface area contributed by atoms with Gasteiger partial charge in [-0.1, -0.05) is 37.3 Å². The summed E-state index contributed by atoms with van der Waals surface area (Å²) in [5, 5.41) is 3.03. The first-order chi connectivity index (χ1) is 9.60. The SMILES string of the molecule is CCc1ccc(C(C)NC(=O)c2cccc(I)c2)cc1. The van der Waals surface area contributed by atoms with Crippen molar-refractivity contribution in [3.05, 3.63) is 68.8 Å². The molecule has 1 N–H and O–H groups in total. The molecule has 20 heavy (non-hydrogen) atoms. The summed E-state index contributed by atoms with van der Waals surface area (Å²) in [6, 6.07) is 16.0. The Morgan fingerprint density at radius 3 is 2.50 bits per heavy atom. The Morgan fingerprint density at radius 1 is 1.20 bits per heavy atom. The van der Waals surface area contributed by atoms with Crippen LogP contribution in [0.4, 0.5) is 0 Å². The molecule has 3 heteroatoms. The summed E-state index contributed by atoms with van der Waals surface area (Å²) in [4.78, 5) is 12.2. The molecule has 0 radical (unpaired) electrons. The molecule has 104 valence electrons. The largest absolute Gasteiger partial charge is 0.346 e. The summed E-state index contributed by atoms with van der Waals surface area (Å²) in [6.45, 7) is 4.14. The lowest BCUT2D eigenvalue weighted by Gasteiger charge is -2.15. The summed E-state index contributed by atoms with van der Waals surface area (Å²) in [5.41, 5.74) is 3.14. The minimum Gasteiger partial charge on any atom is -0.346 e. The predicted octanol–water partition coefficient (Wildman–Crippen LogP) is 4.34. The van der Waals surface area contributed by atoms with E-state index in [0.717, 1.165) is 15.6 Å². The van der Waals surface area contributed by atoms with Crippen molar-refractivity contribution in [3.8, 4) is 0 Å². The minimum atomic E-state index is -0.0319. The van der Waals surface area contributed by atoms with Gasteiger partial charge in [0.15, 0.2) is 0 Å². The Kier molecular flexibility index (Phi) is 5.17. The molecule has 1 atom stereocenters. The maximum absolute atomic E-state index is 12.2. The maximum Gasteiger partial charge on any atom is 0.251 e. The van der Waals surface area contributed by atoms with E-state index < -0.39 is 0 Å². The standard InChI is InChI=1S/C17H18INO/c1-3-13-7-9-14(10-8-13)12(2)19-17(20)15-5-4-6-16(18)11-15/h4-12H,3H2,1-2H3,(H,19,20). The molecular weight excluding hydrogens is 361 g/mol. The van der Waals surface area contributed by atoms with Crippen molar-refractivity contribution < 1.29 is 4.79 Å². The molecule has 0 heterocycles. The van der Waals surface area contributed by atoms with Crippen molar-refractivity contribution in [2.24, 2.45) is 0 Å². The first-order valence-corrected chi connectivity index (χ1v) is 7.83. The average molecular weight is 379 g/mol. The van der Waals surface area contributed by atoms with Crippen LogP contribution in [-0.2, 0) is 6.42 Å². The number of halogens is 1. The van der Waals surface area contributed by atoms with Gasteiger partial charge in [-0.2, -0.15) is 0 Å². The molecule has 0 aliphatic carbocycles. The summed E-state index contributed by atoms with van der Waals surface area (Å²) in [6.07, 6.45) is 1.03. The smallest absolute Gasteiger partial charge is 0.251 e. The van der Waals surface area contributed by atoms with Gasteiger partial charge in [-0.25, -0.2) is 0 Å². The number of amides is 1. The van der Waals surface area contributed by atoms with Gasteiger partial charge in [0.2, 0.25) is 0 Å². The number of benzene rings is 2. The van der Waals surface area contributed by atoms with Gasteiger partial charge in [0.25, 0.3) is 5.91 Å². The lowest BCUT2D eigenvalue weighted by atomic mass is 10.0. The van der Waals surface area contributed by atoms with Gasteiger partial charge in [0, 0.05) is 9.13 Å². The van der Waals surface area contributed by atoms with Gasteiger partial charge < -0.3 is 5.32 Å². The van der Waals surface area contributed by atoms with E-state index in [9.17, 15) is 4.79 Å². The topological polar surface area (TPSA) is 29.1 Å². The zero-order valence-corrected chi connectivity index (χ0v) is 13.8. The van der Waals surface area contributed by atoms with E-state index in [1.165, 1.54) is 5.56 Å². The number of carbonyl (C=O) groups is 1. The van der Waals surface area contributed by atoms with Crippen molar-refractivity contribution in [1.82, 2.24) is 5.32 Å². The molecule has 1 amide bonds. The monoisotopic (exact) mass is 379 g/mol. The number of hydrogen-bond acceptors (Lipinski definition) is 1. The van der Waals surface area contributed by atoms with Crippen LogP contribution in [0.5, 0.6) is 0 Å². The van der Waals surface area contributed by atoms with Gasteiger partial charge in [-0.05, 0) is 65.3 Å². The first-order valence-electron chi connectivity index (χ1n) is 6.75. The number of aryl methyl sites for hydroxylation is 1. The number of carbonyl (C=O) groups excluding carboxylic acids is 1. The molecule has 0 aliphatic rings. The van der Waals surface area contributed by atoms with E-state index in [-0.39, 0.29) is 11.9 Å². The summed E-state index contributed by atoms with van der Waals surface area (Å²) in [5.74, 6) is -0.0319. The molecule has 0 saturated carbocycles. The second-order valence-electron chi connectivity index (χ2n) is 4.80. The number of nitrogens with one attached hydrogen (secondary N) is 1. The average Bonchev–Trinajstić information content (AvgIpc) is 2.47. The second-order valence-corrected chi connectivity index (χ2v) is 6.05. The van der Waals surface area contributed by atoms with Crippen LogP contribution in [0.2, 0.25) is 0 Å². The Morgan fingerprint density at radius 2 is 1.90 bits per heavy atom. The third-order valence-corrected chi connectivity index (χ3v) is 3.99. The number of hydrogen-bond donors (Lipinski definition) is 1. The van der Waals surface area contributed by atoms with E-state index in [1.807, 2.05) is 31.2 Å². The Bertz CT molecular complexity index is 592. The zero-order valence-electron chi connectivity index (χ0n) is 11.7. The highest BCUT2D eigenvalue weighted by molar-refractivity contribution is 14.1. The van der Waals surface area contributed by atoms with Crippen molar-refractivity contribution >= 4 is 28.5 Å². The van der Waals surface area contributed by atoms with Gasteiger partial charge >= 0.3 is 0 Å². The van der Waals surface area contributed by atoms with Crippen molar-refractivity contribution in [2.45, 2.75) is 26.3 Å². The quantitative estimate of drug-likeness (QED) is 0.787. The molecule has 0 fully saturated rings. The van der Waals surface area contributed by atoms with E-state index in [0.29, 0.717) is 5.56 Å². The molecule has 2 aromatic rings. The van der Waals surface area contributed by atoms with Crippen LogP contribution in [0.3, 0.4) is 0 Å². The third kappa shape index (κ3) is 3.82. The van der Waals surface area contributed by atoms with Crippen LogP contribution < -0.4 is 5.32 Å². The predicted molar refractivity (Wildman–Crippen MR) is 90.9 cm³/mol. The molecule has 0 spiro atoms. The van der Waals surface area contributed by atoms with Gasteiger partial charge in [0.05, 0.1) is 6.04 Å². The fourth-order valence-electron chi connectivity index (χ4n) is 2.04. The van der Waals surface area contributed by atoms with Crippen LogP contribution >= 0.6 is 22.6 Å². The molecule has 0 aromatic heterocycles.